The van der Waals surface area contributed by atoms with Crippen LogP contribution in [0.5, 0.6) is 0 Å². The number of ether oxygens (including phenoxy) is 1. The van der Waals surface area contributed by atoms with Crippen LogP contribution in [0.3, 0.4) is 0 Å². The van der Waals surface area contributed by atoms with Gasteiger partial charge in [-0.05, 0) is 25.2 Å². The van der Waals surface area contributed by atoms with E-state index in [2.05, 4.69) is 6.92 Å². The Morgan fingerprint density at radius 3 is 1.59 bits per heavy atom. The van der Waals surface area contributed by atoms with Crippen molar-refractivity contribution in [2.75, 3.05) is 0 Å². The van der Waals surface area contributed by atoms with Gasteiger partial charge in [0.25, 0.3) is 0 Å². The average molecular weight is 407 g/mol. The van der Waals surface area contributed by atoms with Crippen molar-refractivity contribution in [2.24, 2.45) is 11.3 Å². The lowest BCUT2D eigenvalue weighted by molar-refractivity contribution is -0.206. The van der Waals surface area contributed by atoms with Gasteiger partial charge in [-0.25, -0.2) is 0 Å². The Labute approximate surface area is 179 Å². The molecule has 2 aliphatic rings. The Morgan fingerprint density at radius 2 is 1.14 bits per heavy atom. The van der Waals surface area contributed by atoms with Crippen LogP contribution in [0.15, 0.2) is 0 Å². The molecule has 1 saturated carbocycles. The number of hydrogen-bond acceptors (Lipinski definition) is 3. The summed E-state index contributed by atoms with van der Waals surface area (Å²) in [5.41, 5.74) is -0.728. The molecule has 2 fully saturated rings. The van der Waals surface area contributed by atoms with Gasteiger partial charge in [0.1, 0.15) is 0 Å². The zero-order chi connectivity index (χ0) is 20.8. The molecule has 3 heteroatoms. The predicted molar refractivity (Wildman–Crippen MR) is 120 cm³/mol. The highest BCUT2D eigenvalue weighted by atomic mass is 16.6. The van der Waals surface area contributed by atoms with Crippen molar-refractivity contribution < 1.29 is 14.3 Å². The predicted octanol–water partition coefficient (Wildman–Crippen LogP) is 7.90. The molecule has 1 aliphatic carbocycles. The van der Waals surface area contributed by atoms with Crippen LogP contribution in [0.2, 0.25) is 0 Å². The first-order chi connectivity index (χ1) is 14.2. The minimum absolute atomic E-state index is 0.233. The van der Waals surface area contributed by atoms with Gasteiger partial charge in [0.15, 0.2) is 5.41 Å². The third-order valence-corrected chi connectivity index (χ3v) is 7.39. The van der Waals surface area contributed by atoms with Crippen LogP contribution in [-0.2, 0) is 14.3 Å². The molecule has 3 nitrogen and oxygen atoms in total. The fourth-order valence-corrected chi connectivity index (χ4v) is 5.42. The monoisotopic (exact) mass is 406 g/mol. The summed E-state index contributed by atoms with van der Waals surface area (Å²) in [6, 6.07) is 0. The number of unbranched alkanes of at least 4 members (excludes halogenated alkanes) is 15. The fraction of sp³-hybridized carbons (Fsp3) is 0.923. The van der Waals surface area contributed by atoms with Crippen LogP contribution in [0.1, 0.15) is 142 Å². The van der Waals surface area contributed by atoms with Gasteiger partial charge in [0.05, 0.1) is 0 Å². The van der Waals surface area contributed by atoms with E-state index in [1.54, 1.807) is 0 Å². The second-order valence-corrected chi connectivity index (χ2v) is 9.68. The summed E-state index contributed by atoms with van der Waals surface area (Å²) >= 11 is 0. The summed E-state index contributed by atoms with van der Waals surface area (Å²) in [5, 5.41) is 0. The van der Waals surface area contributed by atoms with Gasteiger partial charge < -0.3 is 4.74 Å². The maximum atomic E-state index is 12.0. The molecule has 168 valence electrons. The van der Waals surface area contributed by atoms with Gasteiger partial charge >= 0.3 is 11.9 Å². The number of hydrogen-bond donors (Lipinski definition) is 0. The van der Waals surface area contributed by atoms with Gasteiger partial charge in [-0.2, -0.15) is 0 Å². The first-order valence-electron chi connectivity index (χ1n) is 13.0. The summed E-state index contributed by atoms with van der Waals surface area (Å²) in [6.45, 7) is 2.28. The lowest BCUT2D eigenvalue weighted by atomic mass is 9.62. The van der Waals surface area contributed by atoms with Crippen LogP contribution in [0.25, 0.3) is 0 Å². The quantitative estimate of drug-likeness (QED) is 0.140. The van der Waals surface area contributed by atoms with E-state index in [1.165, 1.54) is 96.3 Å². The highest BCUT2D eigenvalue weighted by Gasteiger charge is 2.63. The Kier molecular flexibility index (Phi) is 12.0. The SMILES string of the molecule is CCCCCCCCCCCCCCCCCCC1CCCCC12C(=O)OC2=O. The van der Waals surface area contributed by atoms with Gasteiger partial charge in [0, 0.05) is 0 Å². The summed E-state index contributed by atoms with van der Waals surface area (Å²) in [5.74, 6) is -0.218. The van der Waals surface area contributed by atoms with Gasteiger partial charge in [-0.3, -0.25) is 9.59 Å². The highest BCUT2D eigenvalue weighted by Crippen LogP contribution is 2.50. The van der Waals surface area contributed by atoms with Crippen molar-refractivity contribution in [3.05, 3.63) is 0 Å². The molecule has 1 aliphatic heterocycles. The molecule has 0 N–H and O–H groups in total. The van der Waals surface area contributed by atoms with Crippen molar-refractivity contribution >= 4 is 11.9 Å². The number of cyclic esters (lactones) is 2. The third-order valence-electron chi connectivity index (χ3n) is 7.39. The van der Waals surface area contributed by atoms with E-state index >= 15 is 0 Å². The molecule has 0 aromatic heterocycles. The lowest BCUT2D eigenvalue weighted by Gasteiger charge is -2.45. The molecule has 29 heavy (non-hydrogen) atoms. The number of carbonyl (C=O) groups excluding carboxylic acids is 2. The molecule has 2 rings (SSSR count). The molecule has 1 unspecified atom stereocenters. The Morgan fingerprint density at radius 1 is 0.690 bits per heavy atom. The van der Waals surface area contributed by atoms with E-state index in [0.29, 0.717) is 0 Å². The van der Waals surface area contributed by atoms with Gasteiger partial charge in [0.2, 0.25) is 0 Å². The Bertz CT molecular complexity index is 457. The van der Waals surface area contributed by atoms with Crippen LogP contribution >= 0.6 is 0 Å². The van der Waals surface area contributed by atoms with E-state index in [0.717, 1.165) is 38.5 Å². The van der Waals surface area contributed by atoms with Crippen molar-refractivity contribution in [1.29, 1.82) is 0 Å². The standard InChI is InChI=1S/C26H46O3/c1-2-3-4-5-6-7-8-9-10-11-12-13-14-15-16-17-20-23-21-18-19-22-26(23)24(27)29-25(26)28/h23H,2-22H2,1H3. The molecule has 0 aromatic rings. The normalized spacial score (nSPS) is 20.7. The van der Waals surface area contributed by atoms with E-state index in [-0.39, 0.29) is 17.9 Å². The van der Waals surface area contributed by atoms with Crippen molar-refractivity contribution in [3.8, 4) is 0 Å². The number of esters is 2. The molecule has 1 spiro atoms. The maximum absolute atomic E-state index is 12.0. The summed E-state index contributed by atoms with van der Waals surface area (Å²) in [7, 11) is 0. The van der Waals surface area contributed by atoms with E-state index in [4.69, 9.17) is 4.74 Å². The molecule has 0 amide bonds. The second kappa shape index (κ2) is 14.2. The topological polar surface area (TPSA) is 43.4 Å². The fourth-order valence-electron chi connectivity index (χ4n) is 5.42. The molecule has 1 saturated heterocycles. The zero-order valence-corrected chi connectivity index (χ0v) is 19.2. The Hall–Kier alpha value is -0.860. The van der Waals surface area contributed by atoms with Gasteiger partial charge in [-0.15, -0.1) is 0 Å². The molecule has 1 heterocycles. The molecule has 0 aromatic carbocycles. The summed E-state index contributed by atoms with van der Waals surface area (Å²) in [6.07, 6.45) is 27.0. The van der Waals surface area contributed by atoms with Crippen LogP contribution in [0, 0.1) is 11.3 Å². The molecule has 0 bridgehead atoms. The van der Waals surface area contributed by atoms with Gasteiger partial charge in [-0.1, -0.05) is 122 Å². The Balaban J connectivity index is 1.37. The van der Waals surface area contributed by atoms with E-state index < -0.39 is 5.41 Å². The van der Waals surface area contributed by atoms with Crippen molar-refractivity contribution in [2.45, 2.75) is 142 Å². The maximum Gasteiger partial charge on any atom is 0.331 e. The highest BCUT2D eigenvalue weighted by molar-refractivity contribution is 6.14. The number of carbonyl (C=O) groups is 2. The van der Waals surface area contributed by atoms with Crippen molar-refractivity contribution in [3.63, 3.8) is 0 Å². The van der Waals surface area contributed by atoms with Crippen molar-refractivity contribution in [1.82, 2.24) is 0 Å². The summed E-state index contributed by atoms with van der Waals surface area (Å²) < 4.78 is 4.72. The molecular formula is C26H46O3. The average Bonchev–Trinajstić information content (AvgIpc) is 2.74. The zero-order valence-electron chi connectivity index (χ0n) is 19.2. The largest absolute Gasteiger partial charge is 0.391 e. The van der Waals surface area contributed by atoms with Crippen LogP contribution in [-0.4, -0.2) is 11.9 Å². The van der Waals surface area contributed by atoms with E-state index in [9.17, 15) is 9.59 Å². The van der Waals surface area contributed by atoms with Crippen LogP contribution < -0.4 is 0 Å². The lowest BCUT2D eigenvalue weighted by Crippen LogP contribution is -2.58. The first-order valence-corrected chi connectivity index (χ1v) is 13.0. The third kappa shape index (κ3) is 7.72. The molecule has 0 radical (unpaired) electrons. The first kappa shape index (κ1) is 24.4. The molecular weight excluding hydrogens is 360 g/mol. The number of rotatable bonds is 17. The van der Waals surface area contributed by atoms with E-state index in [1.807, 2.05) is 0 Å². The second-order valence-electron chi connectivity index (χ2n) is 9.68. The summed E-state index contributed by atoms with van der Waals surface area (Å²) in [4.78, 5) is 23.9. The minimum atomic E-state index is -0.728. The minimum Gasteiger partial charge on any atom is -0.391 e. The molecule has 1 atom stereocenters. The smallest absolute Gasteiger partial charge is 0.331 e. The van der Waals surface area contributed by atoms with Crippen LogP contribution in [0.4, 0.5) is 0 Å².